The predicted octanol–water partition coefficient (Wildman–Crippen LogP) is 2.17. The van der Waals surface area contributed by atoms with Crippen molar-refractivity contribution in [1.29, 1.82) is 0 Å². The Labute approximate surface area is 141 Å². The predicted molar refractivity (Wildman–Crippen MR) is 88.8 cm³/mol. The molecule has 126 valence electrons. The Balaban J connectivity index is 1.83. The van der Waals surface area contributed by atoms with Gasteiger partial charge in [-0.05, 0) is 44.4 Å². The van der Waals surface area contributed by atoms with E-state index in [9.17, 15) is 14.7 Å². The standard InChI is InChI=1S/C20H22O4/c1-9-7-10(2)14(11(3)8-9)16-18(22)15-13-5-6-20(24-13,12(4)21)17(15)19(16)23/h5-8,12-13,15-17,21H,1-4H3/t12?,13-,15-,16?,17+,20-/m0/s1. The second-order valence-corrected chi connectivity index (χ2v) is 7.52. The van der Waals surface area contributed by atoms with Gasteiger partial charge in [0.05, 0.1) is 24.0 Å². The van der Waals surface area contributed by atoms with Crippen LogP contribution in [0.25, 0.3) is 0 Å². The molecule has 0 amide bonds. The third-order valence-corrected chi connectivity index (χ3v) is 5.97. The summed E-state index contributed by atoms with van der Waals surface area (Å²) in [6, 6.07) is 4.04. The van der Waals surface area contributed by atoms with Crippen LogP contribution >= 0.6 is 0 Å². The number of ether oxygens (including phenoxy) is 1. The van der Waals surface area contributed by atoms with E-state index in [1.807, 2.05) is 39.0 Å². The number of hydrogen-bond donors (Lipinski definition) is 1. The molecule has 1 aromatic carbocycles. The molecule has 2 aliphatic heterocycles. The van der Waals surface area contributed by atoms with Gasteiger partial charge < -0.3 is 9.84 Å². The van der Waals surface area contributed by atoms with Crippen molar-refractivity contribution in [3.63, 3.8) is 0 Å². The van der Waals surface area contributed by atoms with E-state index in [4.69, 9.17) is 4.74 Å². The lowest BCUT2D eigenvalue weighted by Crippen LogP contribution is -2.46. The van der Waals surface area contributed by atoms with Crippen molar-refractivity contribution in [2.24, 2.45) is 11.8 Å². The molecule has 4 nitrogen and oxygen atoms in total. The summed E-state index contributed by atoms with van der Waals surface area (Å²) in [4.78, 5) is 26.4. The summed E-state index contributed by atoms with van der Waals surface area (Å²) < 4.78 is 5.89. The summed E-state index contributed by atoms with van der Waals surface area (Å²) in [5.41, 5.74) is 2.88. The van der Waals surface area contributed by atoms with E-state index in [2.05, 4.69) is 0 Å². The van der Waals surface area contributed by atoms with Crippen LogP contribution in [0.5, 0.6) is 0 Å². The molecule has 0 radical (unpaired) electrons. The van der Waals surface area contributed by atoms with Gasteiger partial charge in [-0.15, -0.1) is 0 Å². The summed E-state index contributed by atoms with van der Waals surface area (Å²) in [6.45, 7) is 7.55. The molecular formula is C20H22O4. The Hall–Kier alpha value is -1.78. The van der Waals surface area contributed by atoms with Crippen molar-refractivity contribution in [2.75, 3.05) is 0 Å². The highest BCUT2D eigenvalue weighted by atomic mass is 16.5. The number of Topliss-reactive ketones (excluding diaryl/α,β-unsaturated/α-hetero) is 2. The summed E-state index contributed by atoms with van der Waals surface area (Å²) in [7, 11) is 0. The maximum Gasteiger partial charge on any atom is 0.155 e. The maximum absolute atomic E-state index is 13.2. The van der Waals surface area contributed by atoms with Gasteiger partial charge in [0.1, 0.15) is 11.5 Å². The lowest BCUT2D eigenvalue weighted by atomic mass is 9.74. The quantitative estimate of drug-likeness (QED) is 0.668. The number of aliphatic hydroxyl groups is 1. The fraction of sp³-hybridized carbons (Fsp3) is 0.500. The largest absolute Gasteiger partial charge is 0.390 e. The minimum absolute atomic E-state index is 0.0584. The summed E-state index contributed by atoms with van der Waals surface area (Å²) >= 11 is 0. The van der Waals surface area contributed by atoms with Crippen LogP contribution < -0.4 is 0 Å². The first-order valence-corrected chi connectivity index (χ1v) is 8.48. The number of ketones is 2. The fourth-order valence-electron chi connectivity index (χ4n) is 5.07. The summed E-state index contributed by atoms with van der Waals surface area (Å²) in [5.74, 6) is -1.94. The third kappa shape index (κ3) is 1.76. The van der Waals surface area contributed by atoms with Gasteiger partial charge in [0.25, 0.3) is 0 Å². The van der Waals surface area contributed by atoms with E-state index in [0.29, 0.717) is 0 Å². The van der Waals surface area contributed by atoms with Crippen LogP contribution in [0.2, 0.25) is 0 Å². The fourth-order valence-corrected chi connectivity index (χ4v) is 5.07. The number of benzene rings is 1. The van der Waals surface area contributed by atoms with Crippen LogP contribution in [0, 0.1) is 32.6 Å². The Morgan fingerprint density at radius 3 is 2.33 bits per heavy atom. The highest BCUT2D eigenvalue weighted by molar-refractivity contribution is 6.17. The SMILES string of the molecule is Cc1cc(C)c(C2C(=O)[C@H]3[C@@H]4C=C[C@@](C(C)O)(O4)[C@H]3C2=O)c(C)c1. The Kier molecular flexibility index (Phi) is 3.19. The molecule has 1 saturated heterocycles. The first-order chi connectivity index (χ1) is 11.3. The smallest absolute Gasteiger partial charge is 0.155 e. The second-order valence-electron chi connectivity index (χ2n) is 7.52. The van der Waals surface area contributed by atoms with Crippen LogP contribution in [0.4, 0.5) is 0 Å². The summed E-state index contributed by atoms with van der Waals surface area (Å²) in [5, 5.41) is 10.2. The van der Waals surface area contributed by atoms with Gasteiger partial charge in [-0.1, -0.05) is 29.8 Å². The molecule has 0 aromatic heterocycles. The molecule has 2 heterocycles. The molecule has 4 rings (SSSR count). The average Bonchev–Trinajstić information content (AvgIpc) is 3.13. The van der Waals surface area contributed by atoms with Gasteiger partial charge in [-0.25, -0.2) is 0 Å². The molecule has 24 heavy (non-hydrogen) atoms. The van der Waals surface area contributed by atoms with Gasteiger partial charge in [0, 0.05) is 0 Å². The van der Waals surface area contributed by atoms with Gasteiger partial charge in [0.2, 0.25) is 0 Å². The maximum atomic E-state index is 13.2. The van der Waals surface area contributed by atoms with Crippen molar-refractivity contribution in [3.8, 4) is 0 Å². The number of rotatable bonds is 2. The molecule has 2 unspecified atom stereocenters. The molecule has 2 bridgehead atoms. The summed E-state index contributed by atoms with van der Waals surface area (Å²) in [6.07, 6.45) is 2.39. The minimum atomic E-state index is -1.04. The van der Waals surface area contributed by atoms with E-state index in [0.717, 1.165) is 22.3 Å². The first kappa shape index (κ1) is 15.7. The highest BCUT2D eigenvalue weighted by Crippen LogP contribution is 2.56. The Bertz CT molecular complexity index is 768. The number of fused-ring (bicyclic) bond motifs is 5. The first-order valence-electron chi connectivity index (χ1n) is 8.48. The molecular weight excluding hydrogens is 304 g/mol. The van der Waals surface area contributed by atoms with E-state index < -0.39 is 35.6 Å². The average molecular weight is 326 g/mol. The third-order valence-electron chi connectivity index (χ3n) is 5.97. The van der Waals surface area contributed by atoms with Crippen LogP contribution in [0.3, 0.4) is 0 Å². The van der Waals surface area contributed by atoms with Gasteiger partial charge in [-0.2, -0.15) is 0 Å². The van der Waals surface area contributed by atoms with Crippen molar-refractivity contribution < 1.29 is 19.4 Å². The van der Waals surface area contributed by atoms with Crippen molar-refractivity contribution in [3.05, 3.63) is 46.5 Å². The van der Waals surface area contributed by atoms with Gasteiger partial charge in [-0.3, -0.25) is 9.59 Å². The molecule has 1 saturated carbocycles. The second kappa shape index (κ2) is 4.87. The lowest BCUT2D eigenvalue weighted by molar-refractivity contribution is -0.134. The van der Waals surface area contributed by atoms with Crippen LogP contribution in [-0.4, -0.2) is 34.5 Å². The number of carbonyl (C=O) groups is 2. The number of aliphatic hydroxyl groups excluding tert-OH is 1. The number of carbonyl (C=O) groups excluding carboxylic acids is 2. The van der Waals surface area contributed by atoms with Gasteiger partial charge in [0.15, 0.2) is 11.6 Å². The lowest BCUT2D eigenvalue weighted by Gasteiger charge is -2.31. The number of hydrogen-bond acceptors (Lipinski definition) is 4. The molecule has 2 fully saturated rings. The zero-order chi connectivity index (χ0) is 17.4. The van der Waals surface area contributed by atoms with Gasteiger partial charge >= 0.3 is 0 Å². The molecule has 0 spiro atoms. The van der Waals surface area contributed by atoms with Crippen LogP contribution in [-0.2, 0) is 14.3 Å². The molecule has 4 heteroatoms. The monoisotopic (exact) mass is 326 g/mol. The van der Waals surface area contributed by atoms with E-state index in [1.165, 1.54) is 0 Å². The molecule has 3 aliphatic rings. The van der Waals surface area contributed by atoms with Crippen LogP contribution in [0.1, 0.15) is 35.1 Å². The van der Waals surface area contributed by atoms with Crippen molar-refractivity contribution in [2.45, 2.75) is 51.4 Å². The van der Waals surface area contributed by atoms with E-state index >= 15 is 0 Å². The van der Waals surface area contributed by atoms with E-state index in [1.54, 1.807) is 13.0 Å². The molecule has 1 N–H and O–H groups in total. The zero-order valence-corrected chi connectivity index (χ0v) is 14.4. The van der Waals surface area contributed by atoms with Crippen molar-refractivity contribution in [1.82, 2.24) is 0 Å². The normalized spacial score (nSPS) is 38.0. The topological polar surface area (TPSA) is 63.6 Å². The Morgan fingerprint density at radius 1 is 1.12 bits per heavy atom. The zero-order valence-electron chi connectivity index (χ0n) is 14.4. The minimum Gasteiger partial charge on any atom is -0.390 e. The van der Waals surface area contributed by atoms with E-state index in [-0.39, 0.29) is 11.6 Å². The molecule has 6 atom stereocenters. The molecule has 1 aliphatic carbocycles. The van der Waals surface area contributed by atoms with Crippen LogP contribution in [0.15, 0.2) is 24.3 Å². The number of aryl methyl sites for hydroxylation is 3. The van der Waals surface area contributed by atoms with Crippen molar-refractivity contribution >= 4 is 11.6 Å². The molecule has 1 aromatic rings. The Morgan fingerprint density at radius 2 is 1.75 bits per heavy atom. The highest BCUT2D eigenvalue weighted by Gasteiger charge is 2.69.